The first kappa shape index (κ1) is 16.5. The Balaban J connectivity index is 1.80. The number of pyridine rings is 1. The number of nitrogens with one attached hydrogen (secondary N) is 1. The zero-order valence-electron chi connectivity index (χ0n) is 14.7. The lowest BCUT2D eigenvalue weighted by molar-refractivity contribution is 0.102. The third-order valence-corrected chi connectivity index (χ3v) is 5.19. The van der Waals surface area contributed by atoms with Crippen LogP contribution >= 0.6 is 11.3 Å². The van der Waals surface area contributed by atoms with E-state index in [-0.39, 0.29) is 5.91 Å². The van der Waals surface area contributed by atoms with E-state index < -0.39 is 0 Å². The molecular formula is C20H17N3O2S. The van der Waals surface area contributed by atoms with Crippen LogP contribution in [0, 0.1) is 20.8 Å². The number of amides is 1. The first-order valence-corrected chi connectivity index (χ1v) is 9.05. The number of fused-ring (bicyclic) bond motifs is 1. The van der Waals surface area contributed by atoms with Crippen molar-refractivity contribution in [2.45, 2.75) is 20.8 Å². The Bertz CT molecular complexity index is 1110. The number of benzene rings is 1. The second-order valence-electron chi connectivity index (χ2n) is 6.10. The van der Waals surface area contributed by atoms with Gasteiger partial charge in [-0.1, -0.05) is 18.2 Å². The van der Waals surface area contributed by atoms with Crippen LogP contribution in [0.1, 0.15) is 26.7 Å². The molecule has 0 unspecified atom stereocenters. The predicted octanol–water partition coefficient (Wildman–Crippen LogP) is 5.13. The highest BCUT2D eigenvalue weighted by molar-refractivity contribution is 7.15. The number of aromatic nitrogens is 2. The molecule has 0 aliphatic heterocycles. The van der Waals surface area contributed by atoms with E-state index in [2.05, 4.69) is 15.3 Å². The molecular weight excluding hydrogens is 346 g/mol. The minimum Gasteiger partial charge on any atom is -0.460 e. The fraction of sp³-hybridized carbons (Fsp3) is 0.150. The molecule has 6 heteroatoms. The Morgan fingerprint density at radius 3 is 2.58 bits per heavy atom. The van der Waals surface area contributed by atoms with Crippen LogP contribution in [0.5, 0.6) is 0 Å². The average Bonchev–Trinajstić information content (AvgIpc) is 3.19. The molecule has 1 N–H and O–H groups in total. The number of para-hydroxylation sites is 1. The summed E-state index contributed by atoms with van der Waals surface area (Å²) < 4.78 is 5.69. The van der Waals surface area contributed by atoms with E-state index in [1.807, 2.05) is 57.2 Å². The lowest BCUT2D eigenvalue weighted by atomic mass is 10.1. The summed E-state index contributed by atoms with van der Waals surface area (Å²) in [6.45, 7) is 5.80. The zero-order chi connectivity index (χ0) is 18.3. The van der Waals surface area contributed by atoms with E-state index in [1.165, 1.54) is 11.3 Å². The zero-order valence-corrected chi connectivity index (χ0v) is 15.5. The van der Waals surface area contributed by atoms with E-state index in [0.29, 0.717) is 22.1 Å². The maximum Gasteiger partial charge on any atom is 0.258 e. The van der Waals surface area contributed by atoms with E-state index in [4.69, 9.17) is 4.42 Å². The van der Waals surface area contributed by atoms with Gasteiger partial charge in [0.1, 0.15) is 11.5 Å². The molecule has 26 heavy (non-hydrogen) atoms. The van der Waals surface area contributed by atoms with Gasteiger partial charge < -0.3 is 4.42 Å². The predicted molar refractivity (Wildman–Crippen MR) is 104 cm³/mol. The number of hydrogen-bond acceptors (Lipinski definition) is 5. The van der Waals surface area contributed by atoms with Gasteiger partial charge in [0.25, 0.3) is 5.91 Å². The monoisotopic (exact) mass is 363 g/mol. The molecule has 0 aliphatic rings. The molecule has 0 saturated carbocycles. The van der Waals surface area contributed by atoms with Crippen molar-refractivity contribution in [3.05, 3.63) is 64.4 Å². The largest absolute Gasteiger partial charge is 0.460 e. The summed E-state index contributed by atoms with van der Waals surface area (Å²) in [6, 6.07) is 13.1. The highest BCUT2D eigenvalue weighted by Crippen LogP contribution is 2.28. The number of nitrogens with zero attached hydrogens (tertiary/aromatic N) is 2. The summed E-state index contributed by atoms with van der Waals surface area (Å²) >= 11 is 1.47. The quantitative estimate of drug-likeness (QED) is 0.548. The van der Waals surface area contributed by atoms with Crippen molar-refractivity contribution in [1.82, 2.24) is 9.97 Å². The molecule has 5 nitrogen and oxygen atoms in total. The van der Waals surface area contributed by atoms with Crippen molar-refractivity contribution in [3.8, 4) is 11.5 Å². The highest BCUT2D eigenvalue weighted by atomic mass is 32.1. The molecule has 0 radical (unpaired) electrons. The minimum absolute atomic E-state index is 0.207. The minimum atomic E-state index is -0.207. The molecule has 0 bridgehead atoms. The molecule has 0 saturated heterocycles. The summed E-state index contributed by atoms with van der Waals surface area (Å²) in [5.41, 5.74) is 2.85. The summed E-state index contributed by atoms with van der Waals surface area (Å²) in [5, 5.41) is 4.30. The molecule has 130 valence electrons. The van der Waals surface area contributed by atoms with Gasteiger partial charge in [0.2, 0.25) is 0 Å². The Labute approximate surface area is 154 Å². The SMILES string of the molecule is Cc1ccc(-c2cc(C(=O)Nc3nc(C)c(C)s3)c3ccccc3n2)o1. The van der Waals surface area contributed by atoms with Crippen LogP contribution in [-0.2, 0) is 0 Å². The number of aryl methyl sites for hydroxylation is 3. The maximum absolute atomic E-state index is 12.9. The molecule has 3 heterocycles. The number of thiazole rings is 1. The van der Waals surface area contributed by atoms with Gasteiger partial charge in [0.15, 0.2) is 10.9 Å². The number of hydrogen-bond donors (Lipinski definition) is 1. The highest BCUT2D eigenvalue weighted by Gasteiger charge is 2.17. The van der Waals surface area contributed by atoms with Crippen LogP contribution in [0.25, 0.3) is 22.4 Å². The van der Waals surface area contributed by atoms with E-state index >= 15 is 0 Å². The molecule has 0 aliphatic carbocycles. The topological polar surface area (TPSA) is 68.0 Å². The van der Waals surface area contributed by atoms with Crippen LogP contribution in [0.3, 0.4) is 0 Å². The van der Waals surface area contributed by atoms with Crippen molar-refractivity contribution in [2.75, 3.05) is 5.32 Å². The third kappa shape index (κ3) is 2.99. The first-order chi connectivity index (χ1) is 12.5. The molecule has 0 fully saturated rings. The Morgan fingerprint density at radius 1 is 1.08 bits per heavy atom. The number of anilines is 1. The fourth-order valence-corrected chi connectivity index (χ4v) is 3.56. The van der Waals surface area contributed by atoms with Crippen LogP contribution in [0.2, 0.25) is 0 Å². The van der Waals surface area contributed by atoms with Crippen molar-refractivity contribution in [2.24, 2.45) is 0 Å². The molecule has 3 aromatic heterocycles. The average molecular weight is 363 g/mol. The molecule has 4 rings (SSSR count). The van der Waals surface area contributed by atoms with E-state index in [9.17, 15) is 4.79 Å². The van der Waals surface area contributed by atoms with Gasteiger partial charge in [0.05, 0.1) is 16.8 Å². The number of carbonyl (C=O) groups is 1. The van der Waals surface area contributed by atoms with Crippen molar-refractivity contribution in [3.63, 3.8) is 0 Å². The van der Waals surface area contributed by atoms with Gasteiger partial charge >= 0.3 is 0 Å². The van der Waals surface area contributed by atoms with Crippen molar-refractivity contribution >= 4 is 33.3 Å². The smallest absolute Gasteiger partial charge is 0.258 e. The van der Waals surface area contributed by atoms with E-state index in [0.717, 1.165) is 27.2 Å². The van der Waals surface area contributed by atoms with Gasteiger partial charge in [-0.25, -0.2) is 9.97 Å². The van der Waals surface area contributed by atoms with Crippen molar-refractivity contribution in [1.29, 1.82) is 0 Å². The second kappa shape index (κ2) is 6.38. The van der Waals surface area contributed by atoms with Gasteiger partial charge in [-0.15, -0.1) is 11.3 Å². The van der Waals surface area contributed by atoms with Gasteiger partial charge in [-0.2, -0.15) is 0 Å². The standard InChI is InChI=1S/C20H17N3O2S/c1-11-8-9-18(25-11)17-10-15(14-6-4-5-7-16(14)22-17)19(24)23-20-21-12(2)13(3)26-20/h4-10H,1-3H3,(H,21,23,24). The summed E-state index contributed by atoms with van der Waals surface area (Å²) in [4.78, 5) is 23.1. The fourth-order valence-electron chi connectivity index (χ4n) is 2.75. The molecule has 0 spiro atoms. The van der Waals surface area contributed by atoms with Crippen LogP contribution in [-0.4, -0.2) is 15.9 Å². The maximum atomic E-state index is 12.9. The normalized spacial score (nSPS) is 11.0. The Hall–Kier alpha value is -2.99. The summed E-state index contributed by atoms with van der Waals surface area (Å²) in [7, 11) is 0. The molecule has 1 aromatic carbocycles. The second-order valence-corrected chi connectivity index (χ2v) is 7.30. The van der Waals surface area contributed by atoms with E-state index in [1.54, 1.807) is 6.07 Å². The van der Waals surface area contributed by atoms with Crippen LogP contribution in [0.15, 0.2) is 46.9 Å². The molecule has 4 aromatic rings. The number of carbonyl (C=O) groups excluding carboxylic acids is 1. The Kier molecular flexibility index (Phi) is 4.05. The summed E-state index contributed by atoms with van der Waals surface area (Å²) in [5.74, 6) is 1.24. The number of furan rings is 1. The third-order valence-electron chi connectivity index (χ3n) is 4.20. The van der Waals surface area contributed by atoms with Crippen LogP contribution in [0.4, 0.5) is 5.13 Å². The Morgan fingerprint density at radius 2 is 1.88 bits per heavy atom. The lowest BCUT2D eigenvalue weighted by Gasteiger charge is -2.08. The number of rotatable bonds is 3. The van der Waals surface area contributed by atoms with Crippen LogP contribution < -0.4 is 5.32 Å². The van der Waals surface area contributed by atoms with Gasteiger partial charge in [-0.05, 0) is 45.0 Å². The summed E-state index contributed by atoms with van der Waals surface area (Å²) in [6.07, 6.45) is 0. The van der Waals surface area contributed by atoms with Crippen molar-refractivity contribution < 1.29 is 9.21 Å². The lowest BCUT2D eigenvalue weighted by Crippen LogP contribution is -2.13. The van der Waals surface area contributed by atoms with Gasteiger partial charge in [0, 0.05) is 10.3 Å². The molecule has 1 amide bonds. The first-order valence-electron chi connectivity index (χ1n) is 8.23. The molecule has 0 atom stereocenters. The van der Waals surface area contributed by atoms with Gasteiger partial charge in [-0.3, -0.25) is 10.1 Å².